The Morgan fingerprint density at radius 1 is 1.07 bits per heavy atom. The van der Waals surface area contributed by atoms with Crippen LogP contribution in [-0.2, 0) is 10.0 Å². The molecule has 0 atom stereocenters. The molecular weight excluding hydrogens is 366 g/mol. The third-order valence-electron chi connectivity index (χ3n) is 3.84. The van der Waals surface area contributed by atoms with E-state index in [1.165, 1.54) is 12.1 Å². The van der Waals surface area contributed by atoms with Crippen LogP contribution in [0.5, 0.6) is 5.75 Å². The van der Waals surface area contributed by atoms with E-state index in [4.69, 9.17) is 4.74 Å². The average Bonchev–Trinajstić information content (AvgIpc) is 2.63. The number of benzene rings is 2. The number of anilines is 1. The van der Waals surface area contributed by atoms with E-state index in [0.717, 1.165) is 0 Å². The Balaban J connectivity index is 2.20. The number of nitrogens with one attached hydrogen (secondary N) is 3. The normalized spacial score (nSPS) is 11.1. The Labute approximate surface area is 160 Å². The maximum absolute atomic E-state index is 12.7. The van der Waals surface area contributed by atoms with Gasteiger partial charge < -0.3 is 15.4 Å². The molecule has 2 rings (SSSR count). The molecule has 0 saturated carbocycles. The number of amides is 1. The summed E-state index contributed by atoms with van der Waals surface area (Å²) in [7, 11) is -2.03. The van der Waals surface area contributed by atoms with Crippen molar-refractivity contribution in [2.75, 3.05) is 31.5 Å². The Hall–Kier alpha value is -2.58. The standard InChI is InChI=1S/C19H25N3O4S/c1-4-26-16-8-6-15(7-9-16)22-27(24,25)17-10-5-14(2)18(13-17)19(23)21-12-11-20-3/h5-10,13,20,22H,4,11-12H2,1-3H3,(H,21,23). The van der Waals surface area contributed by atoms with E-state index in [1.807, 2.05) is 6.92 Å². The van der Waals surface area contributed by atoms with Crippen molar-refractivity contribution in [2.24, 2.45) is 0 Å². The minimum Gasteiger partial charge on any atom is -0.494 e. The third kappa shape index (κ3) is 5.70. The summed E-state index contributed by atoms with van der Waals surface area (Å²) in [5, 5.41) is 5.69. The third-order valence-corrected chi connectivity index (χ3v) is 5.22. The molecule has 0 aliphatic carbocycles. The molecular formula is C19H25N3O4S. The van der Waals surface area contributed by atoms with E-state index in [2.05, 4.69) is 15.4 Å². The van der Waals surface area contributed by atoms with Gasteiger partial charge in [-0.05, 0) is 62.9 Å². The van der Waals surface area contributed by atoms with E-state index in [9.17, 15) is 13.2 Å². The lowest BCUT2D eigenvalue weighted by Gasteiger charge is -2.12. The van der Waals surface area contributed by atoms with Gasteiger partial charge in [0.25, 0.3) is 15.9 Å². The average molecular weight is 391 g/mol. The molecule has 0 bridgehead atoms. The van der Waals surface area contributed by atoms with Gasteiger partial charge in [0.05, 0.1) is 11.5 Å². The lowest BCUT2D eigenvalue weighted by molar-refractivity contribution is 0.0953. The Morgan fingerprint density at radius 2 is 1.78 bits per heavy atom. The van der Waals surface area contributed by atoms with Crippen LogP contribution < -0.4 is 20.1 Å². The monoisotopic (exact) mass is 391 g/mol. The first kappa shape index (κ1) is 20.7. The van der Waals surface area contributed by atoms with Crippen molar-refractivity contribution in [3.63, 3.8) is 0 Å². The predicted octanol–water partition coefficient (Wildman–Crippen LogP) is 2.14. The summed E-state index contributed by atoms with van der Waals surface area (Å²) < 4.78 is 33.2. The molecule has 0 unspecified atom stereocenters. The maximum Gasteiger partial charge on any atom is 0.261 e. The molecule has 0 aromatic heterocycles. The molecule has 2 aromatic carbocycles. The van der Waals surface area contributed by atoms with Crippen LogP contribution in [0.1, 0.15) is 22.8 Å². The van der Waals surface area contributed by atoms with Crippen LogP contribution >= 0.6 is 0 Å². The first-order chi connectivity index (χ1) is 12.9. The molecule has 0 fully saturated rings. The minimum absolute atomic E-state index is 0.0285. The molecule has 0 saturated heterocycles. The molecule has 7 nitrogen and oxygen atoms in total. The summed E-state index contributed by atoms with van der Waals surface area (Å²) in [6, 6.07) is 11.1. The van der Waals surface area contributed by atoms with Gasteiger partial charge in [-0.15, -0.1) is 0 Å². The zero-order chi connectivity index (χ0) is 19.9. The number of ether oxygens (including phenoxy) is 1. The predicted molar refractivity (Wildman–Crippen MR) is 106 cm³/mol. The molecule has 0 aliphatic rings. The van der Waals surface area contributed by atoms with E-state index in [-0.39, 0.29) is 10.8 Å². The van der Waals surface area contributed by atoms with Gasteiger partial charge in [0, 0.05) is 24.3 Å². The number of carbonyl (C=O) groups excluding carboxylic acids is 1. The summed E-state index contributed by atoms with van der Waals surface area (Å²) in [5.74, 6) is 0.358. The van der Waals surface area contributed by atoms with Crippen LogP contribution in [-0.4, -0.2) is 41.1 Å². The lowest BCUT2D eigenvalue weighted by atomic mass is 10.1. The number of hydrogen-bond donors (Lipinski definition) is 3. The molecule has 0 heterocycles. The lowest BCUT2D eigenvalue weighted by Crippen LogP contribution is -2.31. The second kappa shape index (κ2) is 9.38. The number of sulfonamides is 1. The highest BCUT2D eigenvalue weighted by atomic mass is 32.2. The van der Waals surface area contributed by atoms with Crippen LogP contribution in [0, 0.1) is 6.92 Å². The second-order valence-corrected chi connectivity index (χ2v) is 7.58. The molecule has 3 N–H and O–H groups in total. The topological polar surface area (TPSA) is 96.5 Å². The first-order valence-electron chi connectivity index (χ1n) is 8.66. The van der Waals surface area contributed by atoms with Crippen molar-refractivity contribution < 1.29 is 17.9 Å². The fourth-order valence-corrected chi connectivity index (χ4v) is 3.49. The quantitative estimate of drug-likeness (QED) is 0.569. The molecule has 1 amide bonds. The number of aryl methyl sites for hydroxylation is 1. The molecule has 0 spiro atoms. The van der Waals surface area contributed by atoms with Crippen LogP contribution in [0.15, 0.2) is 47.4 Å². The number of rotatable bonds is 9. The van der Waals surface area contributed by atoms with E-state index < -0.39 is 10.0 Å². The molecule has 2 aromatic rings. The largest absolute Gasteiger partial charge is 0.494 e. The van der Waals surface area contributed by atoms with E-state index >= 15 is 0 Å². The van der Waals surface area contributed by atoms with Crippen molar-refractivity contribution >= 4 is 21.6 Å². The van der Waals surface area contributed by atoms with Gasteiger partial charge in [0.2, 0.25) is 0 Å². The van der Waals surface area contributed by atoms with Crippen molar-refractivity contribution in [1.82, 2.24) is 10.6 Å². The van der Waals surface area contributed by atoms with E-state index in [0.29, 0.717) is 42.3 Å². The fourth-order valence-electron chi connectivity index (χ4n) is 2.41. The van der Waals surface area contributed by atoms with Crippen LogP contribution in [0.4, 0.5) is 5.69 Å². The Kier molecular flexibility index (Phi) is 7.20. The number of likely N-dealkylation sites (N-methyl/N-ethyl adjacent to an activating group) is 1. The molecule has 27 heavy (non-hydrogen) atoms. The van der Waals surface area contributed by atoms with Crippen LogP contribution in [0.25, 0.3) is 0 Å². The van der Waals surface area contributed by atoms with Gasteiger partial charge in [-0.1, -0.05) is 6.07 Å². The van der Waals surface area contributed by atoms with Crippen molar-refractivity contribution in [3.05, 3.63) is 53.6 Å². The smallest absolute Gasteiger partial charge is 0.261 e. The van der Waals surface area contributed by atoms with Crippen LogP contribution in [0.3, 0.4) is 0 Å². The van der Waals surface area contributed by atoms with Crippen molar-refractivity contribution in [3.8, 4) is 5.75 Å². The molecule has 0 radical (unpaired) electrons. The molecule has 8 heteroatoms. The minimum atomic E-state index is -3.82. The van der Waals surface area contributed by atoms with Gasteiger partial charge >= 0.3 is 0 Å². The van der Waals surface area contributed by atoms with E-state index in [1.54, 1.807) is 44.3 Å². The summed E-state index contributed by atoms with van der Waals surface area (Å²) in [5.41, 5.74) is 1.46. The summed E-state index contributed by atoms with van der Waals surface area (Å²) in [6.07, 6.45) is 0. The highest BCUT2D eigenvalue weighted by Crippen LogP contribution is 2.21. The van der Waals surface area contributed by atoms with Gasteiger partial charge in [-0.2, -0.15) is 0 Å². The van der Waals surface area contributed by atoms with Crippen LogP contribution in [0.2, 0.25) is 0 Å². The summed E-state index contributed by atoms with van der Waals surface area (Å²) >= 11 is 0. The summed E-state index contributed by atoms with van der Waals surface area (Å²) in [4.78, 5) is 12.3. The molecule has 0 aliphatic heterocycles. The van der Waals surface area contributed by atoms with Gasteiger partial charge in [-0.25, -0.2) is 8.42 Å². The first-order valence-corrected chi connectivity index (χ1v) is 10.1. The number of carbonyl (C=O) groups is 1. The zero-order valence-electron chi connectivity index (χ0n) is 15.7. The molecule has 146 valence electrons. The zero-order valence-corrected chi connectivity index (χ0v) is 16.5. The fraction of sp³-hybridized carbons (Fsp3) is 0.316. The Bertz CT molecular complexity index is 880. The van der Waals surface area contributed by atoms with Gasteiger partial charge in [0.1, 0.15) is 5.75 Å². The van der Waals surface area contributed by atoms with Crippen molar-refractivity contribution in [2.45, 2.75) is 18.7 Å². The highest BCUT2D eigenvalue weighted by Gasteiger charge is 2.18. The maximum atomic E-state index is 12.7. The number of hydrogen-bond acceptors (Lipinski definition) is 5. The second-order valence-electron chi connectivity index (χ2n) is 5.90. The summed E-state index contributed by atoms with van der Waals surface area (Å²) in [6.45, 7) is 5.26. The van der Waals surface area contributed by atoms with Gasteiger partial charge in [0.15, 0.2) is 0 Å². The highest BCUT2D eigenvalue weighted by molar-refractivity contribution is 7.92. The van der Waals surface area contributed by atoms with Gasteiger partial charge in [-0.3, -0.25) is 9.52 Å². The SMILES string of the molecule is CCOc1ccc(NS(=O)(=O)c2ccc(C)c(C(=O)NCCNC)c2)cc1. The Morgan fingerprint density at radius 3 is 2.41 bits per heavy atom. The van der Waals surface area contributed by atoms with Crippen molar-refractivity contribution in [1.29, 1.82) is 0 Å².